The summed E-state index contributed by atoms with van der Waals surface area (Å²) < 4.78 is 29.3. The normalized spacial score (nSPS) is 23.8. The van der Waals surface area contributed by atoms with Crippen molar-refractivity contribution in [3.63, 3.8) is 0 Å². The third-order valence-corrected chi connectivity index (χ3v) is 3.93. The molecule has 0 saturated carbocycles. The fraction of sp³-hybridized carbons (Fsp3) is 0.778. The summed E-state index contributed by atoms with van der Waals surface area (Å²) in [5.74, 6) is -1.81. The van der Waals surface area contributed by atoms with Crippen molar-refractivity contribution < 1.29 is 27.9 Å². The molecule has 104 valence electrons. The van der Waals surface area contributed by atoms with E-state index in [-0.39, 0.29) is 18.7 Å². The van der Waals surface area contributed by atoms with Crippen LogP contribution in [-0.2, 0) is 24.3 Å². The van der Waals surface area contributed by atoms with Crippen LogP contribution in [0, 0.1) is 0 Å². The lowest BCUT2D eigenvalue weighted by Crippen LogP contribution is -2.39. The summed E-state index contributed by atoms with van der Waals surface area (Å²) >= 11 is 0. The summed E-state index contributed by atoms with van der Waals surface area (Å²) in [5, 5.41) is 11.1. The molecule has 1 saturated heterocycles. The number of amides is 1. The molecule has 0 aromatic rings. The Balaban J connectivity index is 2.33. The molecule has 3 N–H and O–H groups in total. The van der Waals surface area contributed by atoms with Crippen molar-refractivity contribution >= 4 is 21.9 Å². The van der Waals surface area contributed by atoms with Crippen LogP contribution in [0.4, 0.5) is 0 Å². The molecule has 1 rings (SSSR count). The van der Waals surface area contributed by atoms with Gasteiger partial charge in [-0.1, -0.05) is 0 Å². The molecular weight excluding hydrogens is 264 g/mol. The summed E-state index contributed by atoms with van der Waals surface area (Å²) in [5.41, 5.74) is 0. The second-order valence-electron chi connectivity index (χ2n) is 3.84. The van der Waals surface area contributed by atoms with E-state index >= 15 is 0 Å². The highest BCUT2D eigenvalue weighted by molar-refractivity contribution is 7.89. The summed E-state index contributed by atoms with van der Waals surface area (Å²) in [6.45, 7) is -0.0421. The quantitative estimate of drug-likeness (QED) is 0.532. The third kappa shape index (κ3) is 4.24. The van der Waals surface area contributed by atoms with Gasteiger partial charge < -0.3 is 15.2 Å². The lowest BCUT2D eigenvalue weighted by molar-refractivity contribution is -0.151. The Kier molecular flexibility index (Phi) is 5.05. The minimum atomic E-state index is -3.36. The van der Waals surface area contributed by atoms with Gasteiger partial charge in [0.1, 0.15) is 6.10 Å². The number of ether oxygens (including phenoxy) is 1. The molecule has 0 bridgehead atoms. The van der Waals surface area contributed by atoms with Crippen LogP contribution in [0.3, 0.4) is 0 Å². The Morgan fingerprint density at radius 2 is 1.94 bits per heavy atom. The smallest absolute Gasteiger partial charge is 0.332 e. The van der Waals surface area contributed by atoms with Gasteiger partial charge in [0, 0.05) is 6.54 Å². The van der Waals surface area contributed by atoms with Gasteiger partial charge in [-0.2, -0.15) is 0 Å². The van der Waals surface area contributed by atoms with Crippen LogP contribution >= 0.6 is 0 Å². The zero-order chi connectivity index (χ0) is 13.8. The first-order valence-electron chi connectivity index (χ1n) is 5.43. The molecule has 1 aliphatic heterocycles. The first-order valence-corrected chi connectivity index (χ1v) is 7.08. The van der Waals surface area contributed by atoms with Crippen LogP contribution < -0.4 is 10.0 Å². The molecule has 1 heterocycles. The number of carbonyl (C=O) groups excluding carboxylic acids is 1. The number of carboxylic acids is 1. The van der Waals surface area contributed by atoms with Gasteiger partial charge in [-0.15, -0.1) is 0 Å². The van der Waals surface area contributed by atoms with Gasteiger partial charge in [0.15, 0.2) is 6.10 Å². The van der Waals surface area contributed by atoms with Crippen LogP contribution in [0.15, 0.2) is 0 Å². The largest absolute Gasteiger partial charge is 0.479 e. The molecule has 0 aliphatic carbocycles. The van der Waals surface area contributed by atoms with Crippen molar-refractivity contribution in [1.29, 1.82) is 0 Å². The van der Waals surface area contributed by atoms with Gasteiger partial charge in [0.25, 0.3) is 0 Å². The van der Waals surface area contributed by atoms with E-state index in [1.165, 1.54) is 7.05 Å². The van der Waals surface area contributed by atoms with E-state index in [1.54, 1.807) is 0 Å². The number of hydrogen-bond donors (Lipinski definition) is 3. The number of aliphatic carboxylic acids is 1. The minimum absolute atomic E-state index is 0.0421. The molecule has 0 aromatic carbocycles. The number of nitrogens with one attached hydrogen (secondary N) is 2. The molecule has 1 fully saturated rings. The molecule has 0 radical (unpaired) electrons. The number of carbonyl (C=O) groups is 2. The van der Waals surface area contributed by atoms with Gasteiger partial charge in [-0.3, -0.25) is 4.79 Å². The molecule has 2 unspecified atom stereocenters. The van der Waals surface area contributed by atoms with Crippen molar-refractivity contribution in [1.82, 2.24) is 10.0 Å². The highest BCUT2D eigenvalue weighted by atomic mass is 32.2. The van der Waals surface area contributed by atoms with E-state index in [0.29, 0.717) is 6.42 Å². The monoisotopic (exact) mass is 280 g/mol. The van der Waals surface area contributed by atoms with Crippen LogP contribution in [0.1, 0.15) is 12.8 Å². The van der Waals surface area contributed by atoms with Gasteiger partial charge in [0.05, 0.1) is 5.75 Å². The maximum atomic E-state index is 11.5. The molecule has 18 heavy (non-hydrogen) atoms. The summed E-state index contributed by atoms with van der Waals surface area (Å²) in [7, 11) is -2.08. The number of sulfonamides is 1. The van der Waals surface area contributed by atoms with E-state index in [4.69, 9.17) is 9.84 Å². The average molecular weight is 280 g/mol. The molecule has 0 spiro atoms. The first-order chi connectivity index (χ1) is 8.35. The Morgan fingerprint density at radius 1 is 1.33 bits per heavy atom. The predicted molar refractivity (Wildman–Crippen MR) is 61.4 cm³/mol. The fourth-order valence-electron chi connectivity index (χ4n) is 1.54. The van der Waals surface area contributed by atoms with Crippen molar-refractivity contribution in [3.8, 4) is 0 Å². The van der Waals surface area contributed by atoms with Gasteiger partial charge >= 0.3 is 5.97 Å². The van der Waals surface area contributed by atoms with Crippen molar-refractivity contribution in [2.45, 2.75) is 25.0 Å². The molecular formula is C9H16N2O6S. The van der Waals surface area contributed by atoms with E-state index in [0.717, 1.165) is 0 Å². The molecule has 0 aromatic heterocycles. The van der Waals surface area contributed by atoms with Crippen LogP contribution in [0.2, 0.25) is 0 Å². The summed E-state index contributed by atoms with van der Waals surface area (Å²) in [6.07, 6.45) is -1.17. The van der Waals surface area contributed by atoms with Crippen molar-refractivity contribution in [2.24, 2.45) is 0 Å². The summed E-state index contributed by atoms with van der Waals surface area (Å²) in [4.78, 5) is 22.2. The Bertz CT molecular complexity index is 421. The predicted octanol–water partition coefficient (Wildman–Crippen LogP) is -1.72. The standard InChI is InChI=1S/C9H16N2O6S/c1-10-18(15,16)5-4-11-8(12)6-2-3-7(17-6)9(13)14/h6-7,10H,2-5H2,1H3,(H,11,12)(H,13,14). The van der Waals surface area contributed by atoms with E-state index in [1.807, 2.05) is 0 Å². The Hall–Kier alpha value is -1.19. The topological polar surface area (TPSA) is 122 Å². The highest BCUT2D eigenvalue weighted by Crippen LogP contribution is 2.19. The minimum Gasteiger partial charge on any atom is -0.479 e. The Labute approximate surface area is 105 Å². The first kappa shape index (κ1) is 14.9. The van der Waals surface area contributed by atoms with Crippen LogP contribution in [0.25, 0.3) is 0 Å². The Morgan fingerprint density at radius 3 is 2.44 bits per heavy atom. The van der Waals surface area contributed by atoms with Gasteiger partial charge in [-0.05, 0) is 19.9 Å². The van der Waals surface area contributed by atoms with Crippen molar-refractivity contribution in [3.05, 3.63) is 0 Å². The van der Waals surface area contributed by atoms with E-state index < -0.39 is 34.1 Å². The van der Waals surface area contributed by atoms with Gasteiger partial charge in [-0.25, -0.2) is 17.9 Å². The SMILES string of the molecule is CNS(=O)(=O)CCNC(=O)C1CCC(C(=O)O)O1. The van der Waals surface area contributed by atoms with E-state index in [2.05, 4.69) is 10.0 Å². The van der Waals surface area contributed by atoms with Crippen LogP contribution in [0.5, 0.6) is 0 Å². The molecule has 1 aliphatic rings. The average Bonchev–Trinajstić information content (AvgIpc) is 2.78. The van der Waals surface area contributed by atoms with Crippen molar-refractivity contribution in [2.75, 3.05) is 19.3 Å². The maximum Gasteiger partial charge on any atom is 0.332 e. The molecule has 9 heteroatoms. The maximum absolute atomic E-state index is 11.5. The highest BCUT2D eigenvalue weighted by Gasteiger charge is 2.34. The zero-order valence-corrected chi connectivity index (χ0v) is 10.7. The van der Waals surface area contributed by atoms with E-state index in [9.17, 15) is 18.0 Å². The lowest BCUT2D eigenvalue weighted by atomic mass is 10.2. The fourth-order valence-corrected chi connectivity index (χ4v) is 2.11. The lowest BCUT2D eigenvalue weighted by Gasteiger charge is -2.11. The molecule has 8 nitrogen and oxygen atoms in total. The van der Waals surface area contributed by atoms with Crippen LogP contribution in [-0.4, -0.2) is 57.0 Å². The second kappa shape index (κ2) is 6.12. The third-order valence-electron chi connectivity index (χ3n) is 2.57. The summed E-state index contributed by atoms with van der Waals surface area (Å²) in [6, 6.07) is 0. The second-order valence-corrected chi connectivity index (χ2v) is 5.89. The molecule has 2 atom stereocenters. The number of hydrogen-bond acceptors (Lipinski definition) is 5. The number of carboxylic acid groups (broad SMARTS) is 1. The van der Waals surface area contributed by atoms with Gasteiger partial charge in [0.2, 0.25) is 15.9 Å². The zero-order valence-electron chi connectivity index (χ0n) is 9.88. The number of rotatable bonds is 6. The molecule has 1 amide bonds.